The number of aryl methyl sites for hydroxylation is 1. The van der Waals surface area contributed by atoms with Crippen LogP contribution in [0.3, 0.4) is 0 Å². The summed E-state index contributed by atoms with van der Waals surface area (Å²) in [6.07, 6.45) is 1.01. The predicted octanol–water partition coefficient (Wildman–Crippen LogP) is 2.36. The fraction of sp³-hybridized carbons (Fsp3) is 0.417. The second-order valence-corrected chi connectivity index (χ2v) is 4.12. The van der Waals surface area contributed by atoms with Gasteiger partial charge >= 0.3 is 5.97 Å². The Morgan fingerprint density at radius 3 is 2.75 bits per heavy atom. The fourth-order valence-electron chi connectivity index (χ4n) is 1.41. The van der Waals surface area contributed by atoms with Gasteiger partial charge in [0.15, 0.2) is 0 Å². The van der Waals surface area contributed by atoms with Crippen LogP contribution in [0.25, 0.3) is 0 Å². The van der Waals surface area contributed by atoms with E-state index in [1.54, 1.807) is 6.92 Å². The molecule has 0 saturated carbocycles. The van der Waals surface area contributed by atoms with Crippen LogP contribution in [0.1, 0.15) is 24.5 Å². The lowest BCUT2D eigenvalue weighted by atomic mass is 10.1. The van der Waals surface area contributed by atoms with E-state index in [2.05, 4.69) is 12.6 Å². The van der Waals surface area contributed by atoms with Crippen molar-refractivity contribution in [2.24, 2.45) is 0 Å². The SMILES string of the molecule is CCOC(=O)CCc1cc(N)c(C)c(S)c1. The molecule has 0 fully saturated rings. The summed E-state index contributed by atoms with van der Waals surface area (Å²) in [5, 5.41) is 0. The van der Waals surface area contributed by atoms with Crippen molar-refractivity contribution in [2.75, 3.05) is 12.3 Å². The normalized spacial score (nSPS) is 10.2. The van der Waals surface area contributed by atoms with Gasteiger partial charge in [-0.25, -0.2) is 0 Å². The summed E-state index contributed by atoms with van der Waals surface area (Å²) in [4.78, 5) is 12.0. The van der Waals surface area contributed by atoms with Gasteiger partial charge in [0.25, 0.3) is 0 Å². The smallest absolute Gasteiger partial charge is 0.306 e. The van der Waals surface area contributed by atoms with Gasteiger partial charge in [-0.2, -0.15) is 0 Å². The van der Waals surface area contributed by atoms with Gasteiger partial charge in [0.2, 0.25) is 0 Å². The van der Waals surface area contributed by atoms with Gasteiger partial charge in [-0.15, -0.1) is 12.6 Å². The van der Waals surface area contributed by atoms with Crippen molar-refractivity contribution in [3.8, 4) is 0 Å². The van der Waals surface area contributed by atoms with Gasteiger partial charge in [0, 0.05) is 17.0 Å². The van der Waals surface area contributed by atoms with Crippen molar-refractivity contribution in [1.82, 2.24) is 0 Å². The van der Waals surface area contributed by atoms with Crippen LogP contribution < -0.4 is 5.73 Å². The van der Waals surface area contributed by atoms with E-state index in [1.165, 1.54) is 0 Å². The number of thiol groups is 1. The third-order valence-corrected chi connectivity index (χ3v) is 2.87. The average Bonchev–Trinajstić information content (AvgIpc) is 2.23. The Morgan fingerprint density at radius 1 is 1.50 bits per heavy atom. The van der Waals surface area contributed by atoms with Crippen LogP contribution in [-0.2, 0) is 16.0 Å². The molecule has 4 heteroatoms. The molecule has 0 unspecified atom stereocenters. The number of nitrogen functional groups attached to an aromatic ring is 1. The van der Waals surface area contributed by atoms with Crippen molar-refractivity contribution >= 4 is 24.3 Å². The molecule has 0 saturated heterocycles. The first-order chi connectivity index (χ1) is 7.54. The number of ether oxygens (including phenoxy) is 1. The van der Waals surface area contributed by atoms with E-state index in [9.17, 15) is 4.79 Å². The Kier molecular flexibility index (Phi) is 4.68. The number of hydrogen-bond acceptors (Lipinski definition) is 4. The zero-order valence-electron chi connectivity index (χ0n) is 9.62. The van der Waals surface area contributed by atoms with Gasteiger partial charge in [-0.3, -0.25) is 4.79 Å². The lowest BCUT2D eigenvalue weighted by Crippen LogP contribution is -2.05. The summed E-state index contributed by atoms with van der Waals surface area (Å²) in [5.41, 5.74) is 8.53. The van der Waals surface area contributed by atoms with Gasteiger partial charge in [-0.1, -0.05) is 0 Å². The Hall–Kier alpha value is -1.16. The number of benzene rings is 1. The first-order valence-corrected chi connectivity index (χ1v) is 5.73. The van der Waals surface area contributed by atoms with Gasteiger partial charge < -0.3 is 10.5 Å². The van der Waals surface area contributed by atoms with Crippen LogP contribution in [0.4, 0.5) is 5.69 Å². The Bertz CT molecular complexity index is 368. The molecule has 0 aliphatic rings. The highest BCUT2D eigenvalue weighted by atomic mass is 32.1. The largest absolute Gasteiger partial charge is 0.466 e. The molecule has 1 aromatic carbocycles. The minimum Gasteiger partial charge on any atom is -0.466 e. The van der Waals surface area contributed by atoms with Gasteiger partial charge in [-0.05, 0) is 43.5 Å². The maximum absolute atomic E-state index is 11.2. The zero-order valence-corrected chi connectivity index (χ0v) is 10.5. The number of carbonyl (C=O) groups is 1. The van der Waals surface area contributed by atoms with Crippen LogP contribution in [0.2, 0.25) is 0 Å². The highest BCUT2D eigenvalue weighted by molar-refractivity contribution is 7.80. The lowest BCUT2D eigenvalue weighted by Gasteiger charge is -2.08. The van der Waals surface area contributed by atoms with Crippen LogP contribution in [0.5, 0.6) is 0 Å². The Morgan fingerprint density at radius 2 is 2.19 bits per heavy atom. The van der Waals surface area contributed by atoms with Crippen LogP contribution >= 0.6 is 12.6 Å². The predicted molar refractivity (Wildman–Crippen MR) is 67.8 cm³/mol. The molecule has 88 valence electrons. The first-order valence-electron chi connectivity index (χ1n) is 5.28. The molecule has 0 amide bonds. The molecular weight excluding hydrogens is 222 g/mol. The van der Waals surface area contributed by atoms with E-state index in [0.717, 1.165) is 16.0 Å². The van der Waals surface area contributed by atoms with Crippen LogP contribution in [-0.4, -0.2) is 12.6 Å². The van der Waals surface area contributed by atoms with E-state index in [0.29, 0.717) is 25.1 Å². The number of nitrogens with two attached hydrogens (primary N) is 1. The Labute approximate surface area is 101 Å². The maximum atomic E-state index is 11.2. The number of rotatable bonds is 4. The number of esters is 1. The van der Waals surface area contributed by atoms with Crippen LogP contribution in [0, 0.1) is 6.92 Å². The molecule has 1 rings (SSSR count). The molecular formula is C12H17NO2S. The number of anilines is 1. The lowest BCUT2D eigenvalue weighted by molar-refractivity contribution is -0.143. The third kappa shape index (κ3) is 3.45. The van der Waals surface area contributed by atoms with Gasteiger partial charge in [0.1, 0.15) is 0 Å². The van der Waals surface area contributed by atoms with Crippen molar-refractivity contribution < 1.29 is 9.53 Å². The molecule has 0 aliphatic carbocycles. The number of carbonyl (C=O) groups excluding carboxylic acids is 1. The number of hydrogen-bond donors (Lipinski definition) is 2. The topological polar surface area (TPSA) is 52.3 Å². The first kappa shape index (κ1) is 12.9. The minimum atomic E-state index is -0.178. The molecule has 3 nitrogen and oxygen atoms in total. The summed E-state index contributed by atoms with van der Waals surface area (Å²) >= 11 is 4.33. The molecule has 0 radical (unpaired) electrons. The fourth-order valence-corrected chi connectivity index (χ4v) is 1.70. The summed E-state index contributed by atoms with van der Waals surface area (Å²) in [5.74, 6) is -0.178. The molecule has 0 aliphatic heterocycles. The summed E-state index contributed by atoms with van der Waals surface area (Å²) < 4.78 is 4.86. The molecule has 2 N–H and O–H groups in total. The molecule has 0 heterocycles. The molecule has 0 bridgehead atoms. The quantitative estimate of drug-likeness (QED) is 0.482. The minimum absolute atomic E-state index is 0.178. The van der Waals surface area contributed by atoms with Crippen molar-refractivity contribution in [2.45, 2.75) is 31.6 Å². The zero-order chi connectivity index (χ0) is 12.1. The summed E-state index contributed by atoms with van der Waals surface area (Å²) in [7, 11) is 0. The highest BCUT2D eigenvalue weighted by Gasteiger charge is 2.06. The van der Waals surface area contributed by atoms with E-state index in [1.807, 2.05) is 19.1 Å². The van der Waals surface area contributed by atoms with E-state index in [-0.39, 0.29) is 5.97 Å². The average molecular weight is 239 g/mol. The summed E-state index contributed by atoms with van der Waals surface area (Å²) in [6, 6.07) is 3.82. The second kappa shape index (κ2) is 5.80. The molecule has 0 spiro atoms. The van der Waals surface area contributed by atoms with E-state index >= 15 is 0 Å². The highest BCUT2D eigenvalue weighted by Crippen LogP contribution is 2.22. The van der Waals surface area contributed by atoms with E-state index in [4.69, 9.17) is 10.5 Å². The van der Waals surface area contributed by atoms with E-state index < -0.39 is 0 Å². The second-order valence-electron chi connectivity index (χ2n) is 3.63. The molecule has 0 atom stereocenters. The third-order valence-electron chi connectivity index (χ3n) is 2.40. The maximum Gasteiger partial charge on any atom is 0.306 e. The summed E-state index contributed by atoms with van der Waals surface area (Å²) in [6.45, 7) is 4.15. The molecule has 1 aromatic rings. The molecule has 0 aromatic heterocycles. The Balaban J connectivity index is 2.65. The standard InChI is InChI=1S/C12H17NO2S/c1-3-15-12(14)5-4-9-6-10(13)8(2)11(16)7-9/h6-7,16H,3-5,13H2,1-2H3. The van der Waals surface area contributed by atoms with Crippen LogP contribution in [0.15, 0.2) is 17.0 Å². The molecule has 16 heavy (non-hydrogen) atoms. The van der Waals surface area contributed by atoms with Crippen molar-refractivity contribution in [3.05, 3.63) is 23.3 Å². The van der Waals surface area contributed by atoms with Gasteiger partial charge in [0.05, 0.1) is 6.61 Å². The van der Waals surface area contributed by atoms with Crippen molar-refractivity contribution in [3.63, 3.8) is 0 Å². The monoisotopic (exact) mass is 239 g/mol. The van der Waals surface area contributed by atoms with Crippen molar-refractivity contribution in [1.29, 1.82) is 0 Å².